The largest absolute Gasteiger partial charge is 0.491 e. The van der Waals surface area contributed by atoms with E-state index in [0.29, 0.717) is 42.8 Å². The van der Waals surface area contributed by atoms with Gasteiger partial charge in [-0.1, -0.05) is 0 Å². The van der Waals surface area contributed by atoms with Crippen molar-refractivity contribution in [1.29, 1.82) is 0 Å². The molecule has 44 heavy (non-hydrogen) atoms. The number of aryl methyl sites for hydroxylation is 2. The molecule has 2 aliphatic heterocycles. The molecule has 4 N–H and O–H groups in total. The van der Waals surface area contributed by atoms with Crippen LogP contribution in [0.5, 0.6) is 5.75 Å². The van der Waals surface area contributed by atoms with Crippen molar-refractivity contribution in [2.24, 2.45) is 16.8 Å². The van der Waals surface area contributed by atoms with Gasteiger partial charge in [-0.15, -0.1) is 0 Å². The third-order valence-electron chi connectivity index (χ3n) is 9.00. The lowest BCUT2D eigenvalue weighted by Gasteiger charge is -2.34. The Labute approximate surface area is 256 Å². The summed E-state index contributed by atoms with van der Waals surface area (Å²) in [6, 6.07) is 3.37. The van der Waals surface area contributed by atoms with Gasteiger partial charge in [-0.3, -0.25) is 9.79 Å². The molecule has 0 radical (unpaired) electrons. The van der Waals surface area contributed by atoms with Crippen LogP contribution in [-0.2, 0) is 14.8 Å². The molecule has 0 aromatic heterocycles. The summed E-state index contributed by atoms with van der Waals surface area (Å²) in [7, 11) is -3.80. The Morgan fingerprint density at radius 2 is 1.73 bits per heavy atom. The maximum Gasteiger partial charge on any atom is 0.389 e. The van der Waals surface area contributed by atoms with Gasteiger partial charge in [0.25, 0.3) is 5.91 Å². The Balaban J connectivity index is 1.33. The first-order valence-corrected chi connectivity index (χ1v) is 16.5. The second-order valence-electron chi connectivity index (χ2n) is 12.2. The zero-order valence-corrected chi connectivity index (χ0v) is 25.8. The summed E-state index contributed by atoms with van der Waals surface area (Å²) >= 11 is 0. The molecule has 4 rings (SSSR count). The summed E-state index contributed by atoms with van der Waals surface area (Å²) in [5, 5.41) is 32.3. The van der Waals surface area contributed by atoms with Gasteiger partial charge in [0.15, 0.2) is 0 Å². The third-order valence-corrected chi connectivity index (χ3v) is 10.6. The zero-order chi connectivity index (χ0) is 32.3. The summed E-state index contributed by atoms with van der Waals surface area (Å²) < 4.78 is 71.0. The minimum Gasteiger partial charge on any atom is -0.491 e. The number of aliphatic hydroxyl groups excluding tert-OH is 3. The number of aliphatic imine (C=N–C) groups is 1. The normalized spacial score (nSPS) is 24.4. The van der Waals surface area contributed by atoms with Crippen LogP contribution in [0.25, 0.3) is 6.08 Å². The molecule has 1 spiro atoms. The summed E-state index contributed by atoms with van der Waals surface area (Å²) in [6.07, 6.45) is -2.74. The lowest BCUT2D eigenvalue weighted by atomic mass is 9.79. The first kappa shape index (κ1) is 34.4. The van der Waals surface area contributed by atoms with Crippen LogP contribution in [0, 0.1) is 25.7 Å². The number of carbonyl (C=O) groups excluding carboxylic acids is 1. The number of aliphatic hydroxyl groups is 3. The first-order chi connectivity index (χ1) is 20.6. The van der Waals surface area contributed by atoms with E-state index >= 15 is 0 Å². The number of rotatable bonds is 11. The molecular formula is C30H42F3N3O7S. The highest BCUT2D eigenvalue weighted by Gasteiger charge is 2.48. The number of nitrogens with one attached hydrogen (secondary N) is 1. The number of ether oxygens (including phenoxy) is 1. The van der Waals surface area contributed by atoms with Gasteiger partial charge in [0, 0.05) is 30.8 Å². The SMILES string of the molecule is Cc1cc(OC[C@H](O)[C@@H](O)CO)cc(C)c1/C=C/S(=O)(=O)N1CCC2(CC1)N=C(C1CCC(CCC(F)(F)F)CC1)NC2=O. The Kier molecular flexibility index (Phi) is 10.8. The van der Waals surface area contributed by atoms with Gasteiger partial charge in [0.2, 0.25) is 10.0 Å². The predicted molar refractivity (Wildman–Crippen MR) is 158 cm³/mol. The first-order valence-electron chi connectivity index (χ1n) is 15.0. The lowest BCUT2D eigenvalue weighted by molar-refractivity contribution is -0.138. The molecule has 1 aliphatic carbocycles. The predicted octanol–water partition coefficient (Wildman–Crippen LogP) is 3.21. The van der Waals surface area contributed by atoms with Crippen LogP contribution < -0.4 is 10.1 Å². The van der Waals surface area contributed by atoms with E-state index in [2.05, 4.69) is 5.32 Å². The zero-order valence-electron chi connectivity index (χ0n) is 25.0. The van der Waals surface area contributed by atoms with Crippen LogP contribution in [0.2, 0.25) is 0 Å². The van der Waals surface area contributed by atoms with Crippen LogP contribution in [0.4, 0.5) is 13.2 Å². The molecule has 1 saturated heterocycles. The van der Waals surface area contributed by atoms with Crippen molar-refractivity contribution in [3.05, 3.63) is 34.2 Å². The topological polar surface area (TPSA) is 149 Å². The molecule has 246 valence electrons. The highest BCUT2D eigenvalue weighted by Crippen LogP contribution is 2.38. The van der Waals surface area contributed by atoms with Crippen molar-refractivity contribution in [1.82, 2.24) is 9.62 Å². The van der Waals surface area contributed by atoms with Crippen molar-refractivity contribution >= 4 is 27.8 Å². The van der Waals surface area contributed by atoms with Gasteiger partial charge in [-0.05, 0) is 99.6 Å². The fraction of sp³-hybridized carbons (Fsp3) is 0.667. The molecule has 3 aliphatic rings. The number of hydrogen-bond donors (Lipinski definition) is 4. The maximum atomic E-state index is 13.2. The van der Waals surface area contributed by atoms with Crippen molar-refractivity contribution < 1.29 is 46.4 Å². The van der Waals surface area contributed by atoms with Gasteiger partial charge in [0.1, 0.15) is 35.9 Å². The second-order valence-corrected chi connectivity index (χ2v) is 14.0. The molecule has 1 saturated carbocycles. The standard InChI is InChI=1S/C30H42F3N3O7S/c1-19-15-23(43-18-26(39)25(38)17-37)16-20(2)24(19)8-14-44(41,42)36-12-10-29(11-13-36)28(40)34-27(35-29)22-5-3-21(4-6-22)7-9-30(31,32)33/h8,14-16,21-22,25-26,37-39H,3-7,9-13,17-18H2,1-2H3,(H,34,35,40)/b14-8+/t21?,22?,25-,26-/m0/s1. The van der Waals surface area contributed by atoms with Crippen molar-refractivity contribution in [3.63, 3.8) is 0 Å². The Morgan fingerprint density at radius 1 is 1.11 bits per heavy atom. The van der Waals surface area contributed by atoms with Crippen LogP contribution in [-0.4, -0.2) is 90.0 Å². The second kappa shape index (κ2) is 13.9. The Morgan fingerprint density at radius 3 is 2.30 bits per heavy atom. The number of piperidine rings is 1. The van der Waals surface area contributed by atoms with E-state index in [1.807, 2.05) is 0 Å². The van der Waals surface area contributed by atoms with E-state index in [0.717, 1.165) is 16.5 Å². The number of alkyl halides is 3. The van der Waals surface area contributed by atoms with E-state index < -0.39 is 47.0 Å². The Hall–Kier alpha value is -2.52. The van der Waals surface area contributed by atoms with E-state index in [4.69, 9.17) is 14.8 Å². The fourth-order valence-corrected chi connectivity index (χ4v) is 7.38. The van der Waals surface area contributed by atoms with Gasteiger partial charge >= 0.3 is 6.18 Å². The van der Waals surface area contributed by atoms with Gasteiger partial charge in [0.05, 0.1) is 6.61 Å². The highest BCUT2D eigenvalue weighted by atomic mass is 32.2. The molecule has 14 heteroatoms. The van der Waals surface area contributed by atoms with Crippen LogP contribution in [0.1, 0.15) is 68.1 Å². The molecule has 0 unspecified atom stereocenters. The Bertz CT molecular complexity index is 1330. The number of carbonyl (C=O) groups is 1. The van der Waals surface area contributed by atoms with E-state index in [1.165, 1.54) is 10.4 Å². The molecule has 2 fully saturated rings. The summed E-state index contributed by atoms with van der Waals surface area (Å²) in [5.41, 5.74) is 1.13. The molecule has 10 nitrogen and oxygen atoms in total. The fourth-order valence-electron chi connectivity index (χ4n) is 6.21. The van der Waals surface area contributed by atoms with E-state index in [-0.39, 0.29) is 56.7 Å². The number of benzene rings is 1. The number of nitrogens with zero attached hydrogens (tertiary/aromatic N) is 2. The number of halogens is 3. The van der Waals surface area contributed by atoms with Gasteiger partial charge < -0.3 is 25.4 Å². The monoisotopic (exact) mass is 645 g/mol. The molecular weight excluding hydrogens is 603 g/mol. The number of hydrogen-bond acceptors (Lipinski definition) is 8. The molecule has 2 atom stereocenters. The minimum atomic E-state index is -4.15. The van der Waals surface area contributed by atoms with E-state index in [1.54, 1.807) is 26.0 Å². The number of sulfonamides is 1. The van der Waals surface area contributed by atoms with Crippen molar-refractivity contribution in [2.45, 2.75) is 89.1 Å². The molecule has 2 heterocycles. The number of amides is 1. The lowest BCUT2D eigenvalue weighted by Crippen LogP contribution is -2.50. The summed E-state index contributed by atoms with van der Waals surface area (Å²) in [6.45, 7) is 3.00. The average molecular weight is 646 g/mol. The van der Waals surface area contributed by atoms with Crippen molar-refractivity contribution in [3.8, 4) is 5.75 Å². The van der Waals surface area contributed by atoms with Crippen LogP contribution >= 0.6 is 0 Å². The smallest absolute Gasteiger partial charge is 0.389 e. The summed E-state index contributed by atoms with van der Waals surface area (Å²) in [4.78, 5) is 17.8. The van der Waals surface area contributed by atoms with Gasteiger partial charge in [-0.2, -0.15) is 17.5 Å². The summed E-state index contributed by atoms with van der Waals surface area (Å²) in [5.74, 6) is 0.774. The maximum absolute atomic E-state index is 13.2. The molecule has 1 aromatic rings. The van der Waals surface area contributed by atoms with Crippen molar-refractivity contribution in [2.75, 3.05) is 26.3 Å². The van der Waals surface area contributed by atoms with Crippen LogP contribution in [0.15, 0.2) is 22.5 Å². The minimum absolute atomic E-state index is 0.00868. The van der Waals surface area contributed by atoms with Gasteiger partial charge in [-0.25, -0.2) is 8.42 Å². The average Bonchev–Trinajstić information content (AvgIpc) is 3.28. The van der Waals surface area contributed by atoms with E-state index in [9.17, 15) is 36.6 Å². The molecule has 1 aromatic carbocycles. The highest BCUT2D eigenvalue weighted by molar-refractivity contribution is 7.92. The molecule has 1 amide bonds. The quantitative estimate of drug-likeness (QED) is 0.289. The van der Waals surface area contributed by atoms with Crippen LogP contribution in [0.3, 0.4) is 0 Å². The third kappa shape index (κ3) is 8.39. The molecule has 0 bridgehead atoms. The number of amidine groups is 1.